The molecule has 0 radical (unpaired) electrons. The average molecular weight is 511 g/mol. The van der Waals surface area contributed by atoms with Crippen molar-refractivity contribution in [2.24, 2.45) is 34.0 Å². The van der Waals surface area contributed by atoms with Crippen molar-refractivity contribution in [1.29, 1.82) is 0 Å². The van der Waals surface area contributed by atoms with E-state index in [4.69, 9.17) is 14.2 Å². The molecule has 1 saturated heterocycles. The maximum Gasteiger partial charge on any atom is 0.332 e. The summed E-state index contributed by atoms with van der Waals surface area (Å²) in [7, 11) is 0. The zero-order valence-corrected chi connectivity index (χ0v) is 21.8. The lowest BCUT2D eigenvalue weighted by molar-refractivity contribution is -0.271. The van der Waals surface area contributed by atoms with Gasteiger partial charge in [-0.2, -0.15) is 0 Å². The van der Waals surface area contributed by atoms with Gasteiger partial charge in [0.15, 0.2) is 6.29 Å². The van der Waals surface area contributed by atoms with E-state index in [0.29, 0.717) is 12.8 Å². The Kier molecular flexibility index (Phi) is 7.49. The van der Waals surface area contributed by atoms with Gasteiger partial charge < -0.3 is 34.6 Å². The summed E-state index contributed by atoms with van der Waals surface area (Å²) in [4.78, 5) is 26.5. The fourth-order valence-corrected chi connectivity index (χ4v) is 7.77. The predicted molar refractivity (Wildman–Crippen MR) is 128 cm³/mol. The summed E-state index contributed by atoms with van der Waals surface area (Å²) in [5.74, 6) is -0.856. The number of carbonyl (C=O) groups excluding carboxylic acids is 2. The van der Waals surface area contributed by atoms with Crippen LogP contribution in [0.4, 0.5) is 0 Å². The lowest BCUT2D eigenvalue weighted by Gasteiger charge is -2.61. The van der Waals surface area contributed by atoms with E-state index >= 15 is 0 Å². The number of esters is 1. The third-order valence-electron chi connectivity index (χ3n) is 10.4. The van der Waals surface area contributed by atoms with Crippen molar-refractivity contribution < 1.29 is 44.2 Å². The number of ketones is 1. The molecule has 4 aliphatic rings. The van der Waals surface area contributed by atoms with Crippen LogP contribution >= 0.6 is 0 Å². The first kappa shape index (κ1) is 27.7. The number of hydrogen-bond donors (Lipinski definition) is 4. The topological polar surface area (TPSA) is 143 Å². The van der Waals surface area contributed by atoms with Gasteiger partial charge in [-0.25, -0.2) is 4.79 Å². The Labute approximate surface area is 212 Å². The molecule has 0 aromatic heterocycles. The second-order valence-electron chi connectivity index (χ2n) is 12.1. The van der Waals surface area contributed by atoms with Crippen molar-refractivity contribution in [3.8, 4) is 0 Å². The molecule has 3 aliphatic carbocycles. The maximum atomic E-state index is 13.4. The van der Waals surface area contributed by atoms with E-state index in [1.54, 1.807) is 6.08 Å². The summed E-state index contributed by atoms with van der Waals surface area (Å²) in [5.41, 5.74) is -1.74. The van der Waals surface area contributed by atoms with Gasteiger partial charge in [0.25, 0.3) is 0 Å². The van der Waals surface area contributed by atoms with Crippen molar-refractivity contribution in [3.63, 3.8) is 0 Å². The zero-order chi connectivity index (χ0) is 26.6. The Bertz CT molecular complexity index is 877. The Morgan fingerprint density at radius 3 is 2.53 bits per heavy atom. The van der Waals surface area contributed by atoms with E-state index in [2.05, 4.69) is 27.4 Å². The first-order valence-electron chi connectivity index (χ1n) is 13.1. The molecule has 12 atom stereocenters. The Hall–Kier alpha value is -1.36. The fraction of sp³-hybridized carbons (Fsp3) is 0.852. The predicted octanol–water partition coefficient (Wildman–Crippen LogP) is 1.35. The molecule has 2 bridgehead atoms. The average Bonchev–Trinajstić information content (AvgIpc) is 3.20. The number of rotatable bonds is 5. The van der Waals surface area contributed by atoms with Gasteiger partial charge in [-0.05, 0) is 42.9 Å². The molecule has 6 unspecified atom stereocenters. The number of carbonyl (C=O) groups is 2. The molecule has 4 N–H and O–H groups in total. The van der Waals surface area contributed by atoms with Gasteiger partial charge in [-0.15, -0.1) is 6.58 Å². The molecule has 1 heterocycles. The summed E-state index contributed by atoms with van der Waals surface area (Å²) in [6.07, 6.45) is -1.99. The summed E-state index contributed by atoms with van der Waals surface area (Å²) < 4.78 is 16.7. The first-order valence-corrected chi connectivity index (χ1v) is 13.1. The highest BCUT2D eigenvalue weighted by atomic mass is 16.7. The molecule has 0 aromatic rings. The van der Waals surface area contributed by atoms with E-state index in [1.165, 1.54) is 0 Å². The second kappa shape index (κ2) is 9.75. The van der Waals surface area contributed by atoms with Gasteiger partial charge >= 0.3 is 5.97 Å². The van der Waals surface area contributed by atoms with E-state index < -0.39 is 60.2 Å². The molecule has 9 nitrogen and oxygen atoms in total. The van der Waals surface area contributed by atoms with Gasteiger partial charge in [-0.1, -0.05) is 33.8 Å². The number of Topliss-reactive ketones (excluding diaryl/α,β-unsaturated/α-hetero) is 1. The van der Waals surface area contributed by atoms with Crippen LogP contribution in [-0.2, 0) is 23.8 Å². The highest BCUT2D eigenvalue weighted by Crippen LogP contribution is 2.68. The number of hydrogen-bond acceptors (Lipinski definition) is 9. The van der Waals surface area contributed by atoms with Crippen LogP contribution in [0.1, 0.15) is 59.8 Å². The van der Waals surface area contributed by atoms with Gasteiger partial charge in [0.1, 0.15) is 36.8 Å². The highest BCUT2D eigenvalue weighted by Gasteiger charge is 2.68. The Morgan fingerprint density at radius 2 is 1.86 bits per heavy atom. The molecule has 4 rings (SSSR count). The minimum Gasteiger partial charge on any atom is -0.460 e. The monoisotopic (exact) mass is 510 g/mol. The van der Waals surface area contributed by atoms with Crippen LogP contribution in [0.15, 0.2) is 12.7 Å². The minimum atomic E-state index is -1.52. The smallest absolute Gasteiger partial charge is 0.332 e. The van der Waals surface area contributed by atoms with Gasteiger partial charge in [0.05, 0.1) is 12.7 Å². The van der Waals surface area contributed by atoms with E-state index in [9.17, 15) is 30.0 Å². The van der Waals surface area contributed by atoms with Gasteiger partial charge in [-0.3, -0.25) is 4.79 Å². The SMILES string of the molecule is C=C[C@]1(C)C[C@@H](OC(=O)COC2OCC(O)C(O)C2O)[C@]2(C)C(C)CCC3(CCC(=O)[C@H]32)[C@@H](C)[C@@H]1O. The molecule has 9 heteroatoms. The molecule has 36 heavy (non-hydrogen) atoms. The third-order valence-corrected chi connectivity index (χ3v) is 10.4. The minimum absolute atomic E-state index is 0.105. The molecule has 3 saturated carbocycles. The largest absolute Gasteiger partial charge is 0.460 e. The highest BCUT2D eigenvalue weighted by molar-refractivity contribution is 5.85. The Morgan fingerprint density at radius 1 is 1.17 bits per heavy atom. The van der Waals surface area contributed by atoms with Crippen molar-refractivity contribution in [3.05, 3.63) is 12.7 Å². The number of aliphatic hydroxyl groups is 4. The summed E-state index contributed by atoms with van der Waals surface area (Å²) in [6.45, 7) is 11.4. The van der Waals surface area contributed by atoms with E-state index in [1.807, 2.05) is 6.92 Å². The normalized spacial score (nSPS) is 51.1. The molecule has 204 valence electrons. The van der Waals surface area contributed by atoms with Crippen LogP contribution in [0.25, 0.3) is 0 Å². The van der Waals surface area contributed by atoms with Crippen LogP contribution in [0.5, 0.6) is 0 Å². The van der Waals surface area contributed by atoms with Crippen molar-refractivity contribution in [2.45, 2.75) is 96.6 Å². The molecular formula is C27H42O9. The fourth-order valence-electron chi connectivity index (χ4n) is 7.77. The molecule has 4 fully saturated rings. The summed E-state index contributed by atoms with van der Waals surface area (Å²) >= 11 is 0. The molecular weight excluding hydrogens is 468 g/mol. The third kappa shape index (κ3) is 4.16. The summed E-state index contributed by atoms with van der Waals surface area (Å²) in [6, 6.07) is 0. The first-order chi connectivity index (χ1) is 16.8. The van der Waals surface area contributed by atoms with Crippen molar-refractivity contribution in [1.82, 2.24) is 0 Å². The van der Waals surface area contributed by atoms with E-state index in [-0.39, 0.29) is 35.6 Å². The van der Waals surface area contributed by atoms with Crippen LogP contribution in [0, 0.1) is 34.0 Å². The van der Waals surface area contributed by atoms with Crippen LogP contribution in [-0.4, -0.2) is 82.2 Å². The summed E-state index contributed by atoms with van der Waals surface area (Å²) in [5, 5.41) is 41.1. The zero-order valence-electron chi connectivity index (χ0n) is 21.8. The Balaban J connectivity index is 1.61. The standard InChI is InChI=1S/C27H42O9/c1-6-25(4)11-18(36-19(30)13-35-24-21(32)20(31)17(29)12-34-24)26(5)14(2)7-9-27(15(3)23(25)33)10-8-16(28)22(26)27/h6,14-15,17-18,20-24,29,31-33H,1,7-13H2,2-5H3/t14?,15-,17?,18+,20?,21?,22-,23-,24?,25+,26-,27?/m0/s1. The van der Waals surface area contributed by atoms with Crippen molar-refractivity contribution >= 4 is 11.8 Å². The van der Waals surface area contributed by atoms with Crippen LogP contribution < -0.4 is 0 Å². The van der Waals surface area contributed by atoms with Crippen LogP contribution in [0.3, 0.4) is 0 Å². The van der Waals surface area contributed by atoms with Gasteiger partial charge in [0, 0.05) is 23.2 Å². The molecule has 0 spiro atoms. The number of ether oxygens (including phenoxy) is 3. The quantitative estimate of drug-likeness (QED) is 0.318. The van der Waals surface area contributed by atoms with Crippen molar-refractivity contribution in [2.75, 3.05) is 13.2 Å². The van der Waals surface area contributed by atoms with Gasteiger partial charge in [0.2, 0.25) is 0 Å². The molecule has 0 amide bonds. The second-order valence-corrected chi connectivity index (χ2v) is 12.1. The number of aliphatic hydroxyl groups excluding tert-OH is 4. The molecule has 0 aromatic carbocycles. The van der Waals surface area contributed by atoms with Crippen LogP contribution in [0.2, 0.25) is 0 Å². The lowest BCUT2D eigenvalue weighted by atomic mass is 9.44. The van der Waals surface area contributed by atoms with E-state index in [0.717, 1.165) is 19.3 Å². The lowest BCUT2D eigenvalue weighted by Crippen LogP contribution is -2.63. The molecule has 1 aliphatic heterocycles. The maximum absolute atomic E-state index is 13.4.